The molecular formula is C22H15N5O2S. The molecule has 1 amide bonds. The summed E-state index contributed by atoms with van der Waals surface area (Å²) >= 11 is 1.55. The molecule has 0 bridgehead atoms. The van der Waals surface area contributed by atoms with Gasteiger partial charge in [0.1, 0.15) is 5.69 Å². The average molecular weight is 413 g/mol. The molecule has 0 radical (unpaired) electrons. The number of carbonyl (C=O) groups is 1. The summed E-state index contributed by atoms with van der Waals surface area (Å²) < 4.78 is 5.40. The number of fused-ring (bicyclic) bond motifs is 1. The Balaban J connectivity index is 1.37. The first kappa shape index (κ1) is 18.1. The third kappa shape index (κ3) is 3.68. The maximum atomic E-state index is 12.8. The second-order valence-corrected chi connectivity index (χ2v) is 7.47. The monoisotopic (exact) mass is 413 g/mol. The van der Waals surface area contributed by atoms with E-state index in [2.05, 4.69) is 25.4 Å². The van der Waals surface area contributed by atoms with Gasteiger partial charge in [-0.25, -0.2) is 4.98 Å². The molecule has 5 rings (SSSR count). The van der Waals surface area contributed by atoms with Gasteiger partial charge in [-0.1, -0.05) is 41.6 Å². The molecule has 0 aliphatic rings. The van der Waals surface area contributed by atoms with Crippen LogP contribution in [0.1, 0.15) is 21.9 Å². The minimum atomic E-state index is -0.328. The fourth-order valence-electron chi connectivity index (χ4n) is 3.04. The molecular weight excluding hydrogens is 398 g/mol. The molecule has 1 N–H and O–H groups in total. The highest BCUT2D eigenvalue weighted by molar-refractivity contribution is 7.13. The van der Waals surface area contributed by atoms with Gasteiger partial charge in [-0.05, 0) is 35.2 Å². The minimum absolute atomic E-state index is 0.251. The van der Waals surface area contributed by atoms with Crippen LogP contribution in [-0.4, -0.2) is 26.0 Å². The molecule has 146 valence electrons. The fraction of sp³-hybridized carbons (Fsp3) is 0.0455. The second kappa shape index (κ2) is 7.84. The number of thiophene rings is 1. The fourth-order valence-corrected chi connectivity index (χ4v) is 3.69. The van der Waals surface area contributed by atoms with Crippen molar-refractivity contribution in [2.24, 2.45) is 0 Å². The van der Waals surface area contributed by atoms with Gasteiger partial charge in [0, 0.05) is 5.69 Å². The van der Waals surface area contributed by atoms with Crippen LogP contribution in [-0.2, 0) is 6.42 Å². The predicted octanol–water partition coefficient (Wildman–Crippen LogP) is 4.58. The number of nitrogens with zero attached hydrogens (tertiary/aromatic N) is 4. The zero-order valence-electron chi connectivity index (χ0n) is 15.6. The molecule has 0 saturated carbocycles. The summed E-state index contributed by atoms with van der Waals surface area (Å²) in [6.45, 7) is 0. The van der Waals surface area contributed by atoms with Gasteiger partial charge in [0.05, 0.1) is 28.5 Å². The van der Waals surface area contributed by atoms with Crippen LogP contribution < -0.4 is 5.32 Å². The molecule has 7 nitrogen and oxygen atoms in total. The van der Waals surface area contributed by atoms with Crippen LogP contribution in [0, 0.1) is 0 Å². The van der Waals surface area contributed by atoms with E-state index >= 15 is 0 Å². The maximum absolute atomic E-state index is 12.8. The number of hydrogen-bond acceptors (Lipinski definition) is 7. The van der Waals surface area contributed by atoms with E-state index in [0.717, 1.165) is 16.0 Å². The van der Waals surface area contributed by atoms with Crippen molar-refractivity contribution in [3.8, 4) is 10.7 Å². The van der Waals surface area contributed by atoms with E-state index in [1.807, 2.05) is 66.0 Å². The van der Waals surface area contributed by atoms with Crippen molar-refractivity contribution in [3.63, 3.8) is 0 Å². The lowest BCUT2D eigenvalue weighted by atomic mass is 10.1. The third-order valence-electron chi connectivity index (χ3n) is 4.50. The maximum Gasteiger partial charge on any atom is 0.275 e. The number of amides is 1. The Bertz CT molecular complexity index is 1330. The number of hydrogen-bond donors (Lipinski definition) is 1. The van der Waals surface area contributed by atoms with Crippen molar-refractivity contribution in [2.45, 2.75) is 6.42 Å². The van der Waals surface area contributed by atoms with Gasteiger partial charge in [0.15, 0.2) is 0 Å². The molecule has 0 fully saturated rings. The average Bonchev–Trinajstić information content (AvgIpc) is 3.47. The van der Waals surface area contributed by atoms with Crippen LogP contribution in [0.3, 0.4) is 0 Å². The van der Waals surface area contributed by atoms with Crippen molar-refractivity contribution in [3.05, 3.63) is 89.4 Å². The topological polar surface area (TPSA) is 93.8 Å². The van der Waals surface area contributed by atoms with Gasteiger partial charge in [-0.15, -0.1) is 11.3 Å². The first-order chi connectivity index (χ1) is 14.8. The molecule has 0 aliphatic carbocycles. The Hall–Kier alpha value is -3.91. The van der Waals surface area contributed by atoms with E-state index in [0.29, 0.717) is 29.3 Å². The summed E-state index contributed by atoms with van der Waals surface area (Å²) in [6, 6.07) is 18.8. The number of benzene rings is 2. The van der Waals surface area contributed by atoms with Crippen molar-refractivity contribution < 1.29 is 9.32 Å². The Morgan fingerprint density at radius 1 is 0.967 bits per heavy atom. The molecule has 0 atom stereocenters. The first-order valence-electron chi connectivity index (χ1n) is 9.24. The quantitative estimate of drug-likeness (QED) is 0.453. The highest BCUT2D eigenvalue weighted by atomic mass is 32.1. The van der Waals surface area contributed by atoms with E-state index in [1.54, 1.807) is 11.3 Å². The van der Waals surface area contributed by atoms with Crippen LogP contribution >= 0.6 is 11.3 Å². The van der Waals surface area contributed by atoms with Gasteiger partial charge in [-0.3, -0.25) is 9.78 Å². The highest BCUT2D eigenvalue weighted by Crippen LogP contribution is 2.24. The van der Waals surface area contributed by atoms with Crippen LogP contribution in [0.25, 0.3) is 21.7 Å². The molecule has 0 saturated heterocycles. The molecule has 8 heteroatoms. The van der Waals surface area contributed by atoms with Gasteiger partial charge in [0.25, 0.3) is 5.91 Å². The zero-order chi connectivity index (χ0) is 20.3. The largest absolute Gasteiger partial charge is 0.339 e. The number of para-hydroxylation sites is 3. The third-order valence-corrected chi connectivity index (χ3v) is 5.36. The van der Waals surface area contributed by atoms with Gasteiger partial charge < -0.3 is 9.84 Å². The molecule has 5 aromatic rings. The van der Waals surface area contributed by atoms with E-state index in [4.69, 9.17) is 4.52 Å². The number of carbonyl (C=O) groups excluding carboxylic acids is 1. The standard InChI is InChI=1S/C22H15N5O2S/c28-22(18-13-23-16-8-3-4-9-17(16)24-18)25-15-7-2-1-6-14(15)12-20-26-21(27-29-20)19-10-5-11-30-19/h1-11,13H,12H2,(H,25,28). The summed E-state index contributed by atoms with van der Waals surface area (Å²) in [7, 11) is 0. The molecule has 0 aliphatic heterocycles. The Labute approximate surface area is 175 Å². The van der Waals surface area contributed by atoms with E-state index in [1.165, 1.54) is 6.20 Å². The smallest absolute Gasteiger partial charge is 0.275 e. The number of aromatic nitrogens is 4. The minimum Gasteiger partial charge on any atom is -0.339 e. The van der Waals surface area contributed by atoms with E-state index in [-0.39, 0.29) is 11.6 Å². The summed E-state index contributed by atoms with van der Waals surface area (Å²) in [5.74, 6) is 0.712. The van der Waals surface area contributed by atoms with Crippen LogP contribution in [0.5, 0.6) is 0 Å². The molecule has 2 aromatic carbocycles. The number of anilines is 1. The molecule has 0 spiro atoms. The Morgan fingerprint density at radius 3 is 2.67 bits per heavy atom. The normalized spacial score (nSPS) is 10.9. The lowest BCUT2D eigenvalue weighted by Crippen LogP contribution is -2.15. The summed E-state index contributed by atoms with van der Waals surface area (Å²) in [6.07, 6.45) is 1.88. The van der Waals surface area contributed by atoms with Crippen molar-refractivity contribution >= 4 is 34.0 Å². The van der Waals surface area contributed by atoms with Crippen molar-refractivity contribution in [1.29, 1.82) is 0 Å². The molecule has 3 aromatic heterocycles. The van der Waals surface area contributed by atoms with Crippen LogP contribution in [0.2, 0.25) is 0 Å². The van der Waals surface area contributed by atoms with Crippen molar-refractivity contribution in [1.82, 2.24) is 20.1 Å². The predicted molar refractivity (Wildman–Crippen MR) is 114 cm³/mol. The zero-order valence-corrected chi connectivity index (χ0v) is 16.5. The lowest BCUT2D eigenvalue weighted by Gasteiger charge is -2.09. The first-order valence-corrected chi connectivity index (χ1v) is 10.1. The van der Waals surface area contributed by atoms with Gasteiger partial charge in [-0.2, -0.15) is 4.98 Å². The van der Waals surface area contributed by atoms with E-state index in [9.17, 15) is 4.79 Å². The molecule has 30 heavy (non-hydrogen) atoms. The highest BCUT2D eigenvalue weighted by Gasteiger charge is 2.15. The van der Waals surface area contributed by atoms with Gasteiger partial charge >= 0.3 is 0 Å². The summed E-state index contributed by atoms with van der Waals surface area (Å²) in [5, 5.41) is 8.92. The SMILES string of the molecule is O=C(Nc1ccccc1Cc1nc(-c2cccs2)no1)c1cnc2ccccc2n1. The summed E-state index contributed by atoms with van der Waals surface area (Å²) in [5.41, 5.74) is 3.19. The van der Waals surface area contributed by atoms with E-state index < -0.39 is 0 Å². The second-order valence-electron chi connectivity index (χ2n) is 6.52. The Kier molecular flexibility index (Phi) is 4.74. The molecule has 3 heterocycles. The summed E-state index contributed by atoms with van der Waals surface area (Å²) in [4.78, 5) is 26.9. The lowest BCUT2D eigenvalue weighted by molar-refractivity contribution is 0.102. The van der Waals surface area contributed by atoms with Crippen LogP contribution in [0.4, 0.5) is 5.69 Å². The molecule has 0 unspecified atom stereocenters. The van der Waals surface area contributed by atoms with Gasteiger partial charge in [0.2, 0.25) is 11.7 Å². The van der Waals surface area contributed by atoms with Crippen molar-refractivity contribution in [2.75, 3.05) is 5.32 Å². The Morgan fingerprint density at radius 2 is 1.80 bits per heavy atom. The number of nitrogens with one attached hydrogen (secondary N) is 1. The number of rotatable bonds is 5. The van der Waals surface area contributed by atoms with Crippen LogP contribution in [0.15, 0.2) is 76.8 Å².